The van der Waals surface area contributed by atoms with Gasteiger partial charge < -0.3 is 9.88 Å². The fourth-order valence-corrected chi connectivity index (χ4v) is 2.85. The Balaban J connectivity index is 2.27. The van der Waals surface area contributed by atoms with E-state index in [2.05, 4.69) is 10.3 Å². The molecule has 0 saturated carbocycles. The van der Waals surface area contributed by atoms with E-state index in [1.54, 1.807) is 13.1 Å². The summed E-state index contributed by atoms with van der Waals surface area (Å²) >= 11 is 1.50. The van der Waals surface area contributed by atoms with E-state index < -0.39 is 0 Å². The van der Waals surface area contributed by atoms with E-state index in [-0.39, 0.29) is 23.1 Å². The predicted molar refractivity (Wildman–Crippen MR) is 83.9 cm³/mol. The number of aromatic nitrogens is 2. The monoisotopic (exact) mass is 305 g/mol. The van der Waals surface area contributed by atoms with Crippen LogP contribution in [-0.4, -0.2) is 15.5 Å². The number of rotatable bonds is 3. The molecule has 1 atom stereocenters. The number of nitrogens with one attached hydrogen (secondary N) is 1. The van der Waals surface area contributed by atoms with E-state index >= 15 is 0 Å². The Labute approximate surface area is 127 Å². The maximum atomic E-state index is 12.3. The van der Waals surface area contributed by atoms with Crippen molar-refractivity contribution in [2.24, 2.45) is 7.05 Å². The second kappa shape index (κ2) is 5.81. The molecule has 2 heterocycles. The Hall–Kier alpha value is -1.95. The van der Waals surface area contributed by atoms with Crippen LogP contribution in [0.5, 0.6) is 0 Å². The summed E-state index contributed by atoms with van der Waals surface area (Å²) in [5.41, 5.74) is 2.59. The van der Waals surface area contributed by atoms with Crippen LogP contribution >= 0.6 is 11.3 Å². The number of nitrogens with zero attached hydrogens (tertiary/aromatic N) is 2. The fourth-order valence-electron chi connectivity index (χ4n) is 2.05. The van der Waals surface area contributed by atoms with Gasteiger partial charge in [0.25, 0.3) is 11.5 Å². The van der Waals surface area contributed by atoms with Gasteiger partial charge in [0.1, 0.15) is 10.6 Å². The number of carbonyl (C=O) groups is 1. The van der Waals surface area contributed by atoms with Gasteiger partial charge in [-0.2, -0.15) is 0 Å². The number of aryl methyl sites for hydroxylation is 2. The molecular formula is C15H19N3O2S. The Kier molecular flexibility index (Phi) is 4.27. The van der Waals surface area contributed by atoms with E-state index in [4.69, 9.17) is 0 Å². The van der Waals surface area contributed by atoms with Crippen molar-refractivity contribution in [3.8, 4) is 0 Å². The highest BCUT2D eigenvalue weighted by atomic mass is 32.1. The van der Waals surface area contributed by atoms with Gasteiger partial charge >= 0.3 is 0 Å². The first-order valence-corrected chi connectivity index (χ1v) is 7.59. The minimum atomic E-state index is -0.362. The van der Waals surface area contributed by atoms with Crippen molar-refractivity contribution in [3.63, 3.8) is 0 Å². The normalized spacial score (nSPS) is 12.2. The number of pyridine rings is 1. The molecule has 0 radical (unpaired) electrons. The lowest BCUT2D eigenvalue weighted by Gasteiger charge is -2.13. The fraction of sp³-hybridized carbons (Fsp3) is 0.400. The Bertz CT molecular complexity index is 746. The maximum Gasteiger partial charge on any atom is 0.263 e. The van der Waals surface area contributed by atoms with Gasteiger partial charge in [-0.25, -0.2) is 4.98 Å². The lowest BCUT2D eigenvalue weighted by molar-refractivity contribution is 0.0937. The number of carbonyl (C=O) groups excluding carboxylic acids is 1. The third-order valence-electron chi connectivity index (χ3n) is 3.57. The zero-order chi connectivity index (χ0) is 15.7. The minimum absolute atomic E-state index is 0.167. The van der Waals surface area contributed by atoms with Crippen LogP contribution in [0.2, 0.25) is 0 Å². The molecule has 0 bridgehead atoms. The van der Waals surface area contributed by atoms with Crippen molar-refractivity contribution in [1.82, 2.24) is 14.9 Å². The van der Waals surface area contributed by atoms with Crippen LogP contribution < -0.4 is 10.9 Å². The van der Waals surface area contributed by atoms with E-state index in [9.17, 15) is 9.59 Å². The second-order valence-electron chi connectivity index (χ2n) is 5.21. The smallest absolute Gasteiger partial charge is 0.263 e. The highest BCUT2D eigenvalue weighted by Gasteiger charge is 2.18. The van der Waals surface area contributed by atoms with Crippen molar-refractivity contribution in [1.29, 1.82) is 0 Å². The van der Waals surface area contributed by atoms with Gasteiger partial charge in [-0.05, 0) is 39.3 Å². The van der Waals surface area contributed by atoms with Gasteiger partial charge in [-0.3, -0.25) is 9.59 Å². The zero-order valence-electron chi connectivity index (χ0n) is 12.9. The molecule has 0 aromatic carbocycles. The van der Waals surface area contributed by atoms with E-state index in [0.29, 0.717) is 0 Å². The van der Waals surface area contributed by atoms with Gasteiger partial charge in [-0.1, -0.05) is 0 Å². The summed E-state index contributed by atoms with van der Waals surface area (Å²) in [6.07, 6.45) is 0. The largest absolute Gasteiger partial charge is 0.343 e. The third kappa shape index (κ3) is 3.05. The number of amides is 1. The molecule has 0 saturated heterocycles. The molecule has 5 nitrogen and oxygen atoms in total. The SMILES string of the molecule is Cc1csc([C@H](C)NC(=O)c2cc(C)c(C)n(C)c2=O)n1. The molecule has 2 rings (SSSR count). The molecule has 6 heteroatoms. The van der Waals surface area contributed by atoms with Gasteiger partial charge in [0, 0.05) is 23.8 Å². The van der Waals surface area contributed by atoms with Crippen LogP contribution in [-0.2, 0) is 7.05 Å². The molecule has 1 amide bonds. The first-order valence-electron chi connectivity index (χ1n) is 6.71. The lowest BCUT2D eigenvalue weighted by atomic mass is 10.1. The number of hydrogen-bond acceptors (Lipinski definition) is 4. The third-order valence-corrected chi connectivity index (χ3v) is 4.71. The quantitative estimate of drug-likeness (QED) is 0.946. The van der Waals surface area contributed by atoms with Crippen LogP contribution in [0.3, 0.4) is 0 Å². The van der Waals surface area contributed by atoms with Crippen molar-refractivity contribution >= 4 is 17.2 Å². The molecule has 1 N–H and O–H groups in total. The molecule has 21 heavy (non-hydrogen) atoms. The van der Waals surface area contributed by atoms with Crippen molar-refractivity contribution < 1.29 is 4.79 Å². The summed E-state index contributed by atoms with van der Waals surface area (Å²) in [4.78, 5) is 28.9. The lowest BCUT2D eigenvalue weighted by Crippen LogP contribution is -2.34. The van der Waals surface area contributed by atoms with E-state index in [1.165, 1.54) is 15.9 Å². The van der Waals surface area contributed by atoms with Crippen LogP contribution in [0.25, 0.3) is 0 Å². The van der Waals surface area contributed by atoms with E-state index in [0.717, 1.165) is 22.0 Å². The van der Waals surface area contributed by atoms with Crippen molar-refractivity contribution in [2.75, 3.05) is 0 Å². The summed E-state index contributed by atoms with van der Waals surface area (Å²) < 4.78 is 1.50. The molecule has 0 unspecified atom stereocenters. The van der Waals surface area contributed by atoms with Crippen LogP contribution in [0.1, 0.15) is 45.3 Å². The molecule has 112 valence electrons. The highest BCUT2D eigenvalue weighted by Crippen LogP contribution is 2.17. The van der Waals surface area contributed by atoms with Gasteiger partial charge in [0.05, 0.1) is 6.04 Å². The summed E-state index contributed by atoms with van der Waals surface area (Å²) in [7, 11) is 1.68. The van der Waals surface area contributed by atoms with E-state index in [1.807, 2.05) is 33.1 Å². The zero-order valence-corrected chi connectivity index (χ0v) is 13.7. The Morgan fingerprint density at radius 2 is 2.05 bits per heavy atom. The number of hydrogen-bond donors (Lipinski definition) is 1. The van der Waals surface area contributed by atoms with Gasteiger partial charge in [0.15, 0.2) is 0 Å². The van der Waals surface area contributed by atoms with Crippen LogP contribution in [0.15, 0.2) is 16.2 Å². The summed E-state index contributed by atoms with van der Waals surface area (Å²) in [5, 5.41) is 5.61. The van der Waals surface area contributed by atoms with Crippen molar-refractivity contribution in [2.45, 2.75) is 33.7 Å². The Morgan fingerprint density at radius 3 is 2.62 bits per heavy atom. The maximum absolute atomic E-state index is 12.3. The first-order chi connectivity index (χ1) is 9.81. The number of thiazole rings is 1. The molecule has 0 aliphatic rings. The standard InChI is InChI=1S/C15H19N3O2S/c1-8-6-12(15(20)18(5)11(8)4)13(19)17-10(3)14-16-9(2)7-21-14/h6-7,10H,1-5H3,(H,17,19)/t10-/m0/s1. The van der Waals surface area contributed by atoms with Crippen LogP contribution in [0.4, 0.5) is 0 Å². The molecular weight excluding hydrogens is 286 g/mol. The summed E-state index contributed by atoms with van der Waals surface area (Å²) in [5.74, 6) is -0.362. The minimum Gasteiger partial charge on any atom is -0.343 e. The molecule has 2 aromatic rings. The Morgan fingerprint density at radius 1 is 1.38 bits per heavy atom. The average molecular weight is 305 g/mol. The molecule has 0 fully saturated rings. The topological polar surface area (TPSA) is 64.0 Å². The van der Waals surface area contributed by atoms with Gasteiger partial charge in [0.2, 0.25) is 0 Å². The highest BCUT2D eigenvalue weighted by molar-refractivity contribution is 7.09. The molecule has 0 aliphatic heterocycles. The molecule has 0 spiro atoms. The summed E-state index contributed by atoms with van der Waals surface area (Å²) in [6.45, 7) is 7.52. The van der Waals surface area contributed by atoms with Gasteiger partial charge in [-0.15, -0.1) is 11.3 Å². The molecule has 2 aromatic heterocycles. The first kappa shape index (κ1) is 15.4. The second-order valence-corrected chi connectivity index (χ2v) is 6.10. The average Bonchev–Trinajstić information content (AvgIpc) is 2.87. The van der Waals surface area contributed by atoms with Crippen molar-refractivity contribution in [3.05, 3.63) is 49.3 Å². The van der Waals surface area contributed by atoms with Crippen LogP contribution in [0, 0.1) is 20.8 Å². The molecule has 0 aliphatic carbocycles. The predicted octanol–water partition coefficient (Wildman–Crippen LogP) is 2.26. The summed E-state index contributed by atoms with van der Waals surface area (Å²) in [6, 6.07) is 1.43.